The number of carbonyl (C=O) groups is 2. The molecule has 1 atom stereocenters. The van der Waals surface area contributed by atoms with Crippen molar-refractivity contribution in [2.75, 3.05) is 12.8 Å². The molecule has 14 heavy (non-hydrogen) atoms. The van der Waals surface area contributed by atoms with Crippen molar-refractivity contribution in [2.45, 2.75) is 31.9 Å². The maximum atomic E-state index is 11.6. The number of nitrogens with zero attached hydrogens (tertiary/aromatic N) is 1. The van der Waals surface area contributed by atoms with Gasteiger partial charge in [0.15, 0.2) is 0 Å². The minimum atomic E-state index is -0.130. The molecule has 4 heteroatoms. The Kier molecular flexibility index (Phi) is 3.98. The summed E-state index contributed by atoms with van der Waals surface area (Å²) >= 11 is 1.47. The van der Waals surface area contributed by atoms with E-state index in [9.17, 15) is 9.59 Å². The number of amides is 2. The van der Waals surface area contributed by atoms with Crippen molar-refractivity contribution in [1.29, 1.82) is 0 Å². The molecular formula is C10H17NO2S. The van der Waals surface area contributed by atoms with Gasteiger partial charge in [0.2, 0.25) is 11.8 Å². The second kappa shape index (κ2) is 4.82. The van der Waals surface area contributed by atoms with Gasteiger partial charge in [0, 0.05) is 13.0 Å². The van der Waals surface area contributed by atoms with Gasteiger partial charge in [0.05, 0.1) is 5.25 Å². The smallest absolute Gasteiger partial charge is 0.242 e. The van der Waals surface area contributed by atoms with E-state index in [0.29, 0.717) is 18.9 Å². The van der Waals surface area contributed by atoms with Crippen molar-refractivity contribution in [1.82, 2.24) is 4.90 Å². The number of carbonyl (C=O) groups excluding carboxylic acids is 2. The molecule has 0 aromatic carbocycles. The Morgan fingerprint density at radius 1 is 1.50 bits per heavy atom. The van der Waals surface area contributed by atoms with Crippen LogP contribution in [0.5, 0.6) is 0 Å². The van der Waals surface area contributed by atoms with Gasteiger partial charge in [-0.3, -0.25) is 14.5 Å². The molecule has 0 aromatic rings. The molecule has 0 aromatic heterocycles. The van der Waals surface area contributed by atoms with E-state index in [0.717, 1.165) is 6.42 Å². The average molecular weight is 215 g/mol. The summed E-state index contributed by atoms with van der Waals surface area (Å²) in [6.45, 7) is 4.78. The van der Waals surface area contributed by atoms with Crippen LogP contribution in [0, 0.1) is 5.92 Å². The Morgan fingerprint density at radius 2 is 2.14 bits per heavy atom. The monoisotopic (exact) mass is 215 g/mol. The van der Waals surface area contributed by atoms with Gasteiger partial charge in [-0.1, -0.05) is 13.8 Å². The van der Waals surface area contributed by atoms with Crippen LogP contribution < -0.4 is 0 Å². The van der Waals surface area contributed by atoms with Crippen LogP contribution in [-0.4, -0.2) is 34.8 Å². The van der Waals surface area contributed by atoms with Crippen molar-refractivity contribution in [2.24, 2.45) is 5.92 Å². The van der Waals surface area contributed by atoms with Gasteiger partial charge in [0.1, 0.15) is 0 Å². The molecule has 3 nitrogen and oxygen atoms in total. The standard InChI is InChI=1S/C10H17NO2S/c1-7(2)4-5-11-9(12)6-8(14-3)10(11)13/h7-8H,4-6H2,1-3H3. The zero-order chi connectivity index (χ0) is 10.7. The molecular weight excluding hydrogens is 198 g/mol. The topological polar surface area (TPSA) is 37.4 Å². The Bertz CT molecular complexity index is 240. The van der Waals surface area contributed by atoms with Crippen LogP contribution in [0.3, 0.4) is 0 Å². The van der Waals surface area contributed by atoms with Crippen molar-refractivity contribution >= 4 is 23.6 Å². The maximum Gasteiger partial charge on any atom is 0.242 e. The number of thioether (sulfide) groups is 1. The molecule has 1 unspecified atom stereocenters. The normalized spacial score (nSPS) is 22.6. The summed E-state index contributed by atoms with van der Waals surface area (Å²) < 4.78 is 0. The number of rotatable bonds is 4. The van der Waals surface area contributed by atoms with E-state index in [4.69, 9.17) is 0 Å². The molecule has 1 aliphatic heterocycles. The molecule has 1 rings (SSSR count). The first-order valence-corrected chi connectivity index (χ1v) is 6.22. The van der Waals surface area contributed by atoms with Crippen molar-refractivity contribution in [3.05, 3.63) is 0 Å². The van der Waals surface area contributed by atoms with Crippen LogP contribution in [0.1, 0.15) is 26.7 Å². The average Bonchev–Trinajstić information content (AvgIpc) is 2.39. The van der Waals surface area contributed by atoms with E-state index >= 15 is 0 Å². The Labute approximate surface area is 89.2 Å². The van der Waals surface area contributed by atoms with E-state index in [1.165, 1.54) is 16.7 Å². The highest BCUT2D eigenvalue weighted by atomic mass is 32.2. The molecule has 1 fully saturated rings. The summed E-state index contributed by atoms with van der Waals surface area (Å²) in [6, 6.07) is 0. The molecule has 0 spiro atoms. The molecule has 80 valence electrons. The van der Waals surface area contributed by atoms with Crippen LogP contribution in [-0.2, 0) is 9.59 Å². The Hall–Kier alpha value is -0.510. The summed E-state index contributed by atoms with van der Waals surface area (Å²) in [5.41, 5.74) is 0. The third-order valence-electron chi connectivity index (χ3n) is 2.42. The Balaban J connectivity index is 2.52. The molecule has 2 amide bonds. The lowest BCUT2D eigenvalue weighted by Crippen LogP contribution is -2.32. The lowest BCUT2D eigenvalue weighted by molar-refractivity contribution is -0.138. The van der Waals surface area contributed by atoms with Gasteiger partial charge in [-0.2, -0.15) is 11.8 Å². The van der Waals surface area contributed by atoms with Gasteiger partial charge in [-0.05, 0) is 18.6 Å². The molecule has 0 bridgehead atoms. The SMILES string of the molecule is CSC1CC(=O)N(CCC(C)C)C1=O. The van der Waals surface area contributed by atoms with Gasteiger partial charge in [0.25, 0.3) is 0 Å². The molecule has 1 heterocycles. The minimum absolute atomic E-state index is 0.00292. The predicted octanol–water partition coefficient (Wildman–Crippen LogP) is 1.52. The van der Waals surface area contributed by atoms with Crippen LogP contribution in [0.2, 0.25) is 0 Å². The third-order valence-corrected chi connectivity index (χ3v) is 3.35. The fraction of sp³-hybridized carbons (Fsp3) is 0.800. The highest BCUT2D eigenvalue weighted by Crippen LogP contribution is 2.23. The lowest BCUT2D eigenvalue weighted by atomic mass is 10.1. The summed E-state index contributed by atoms with van der Waals surface area (Å²) in [5.74, 6) is 0.530. The summed E-state index contributed by atoms with van der Waals surface area (Å²) in [6.07, 6.45) is 3.17. The molecule has 0 N–H and O–H groups in total. The number of imide groups is 1. The van der Waals surface area contributed by atoms with Gasteiger partial charge >= 0.3 is 0 Å². The van der Waals surface area contributed by atoms with Crippen molar-refractivity contribution in [3.63, 3.8) is 0 Å². The summed E-state index contributed by atoms with van der Waals surface area (Å²) in [7, 11) is 0. The van der Waals surface area contributed by atoms with Gasteiger partial charge in [-0.25, -0.2) is 0 Å². The number of hydrogen-bond donors (Lipinski definition) is 0. The van der Waals surface area contributed by atoms with E-state index in [-0.39, 0.29) is 17.1 Å². The highest BCUT2D eigenvalue weighted by molar-refractivity contribution is 8.00. The van der Waals surface area contributed by atoms with Crippen LogP contribution in [0.25, 0.3) is 0 Å². The quantitative estimate of drug-likeness (QED) is 0.667. The first kappa shape index (κ1) is 11.6. The second-order valence-electron chi connectivity index (χ2n) is 3.99. The van der Waals surface area contributed by atoms with Crippen LogP contribution >= 0.6 is 11.8 Å². The fourth-order valence-electron chi connectivity index (χ4n) is 1.46. The van der Waals surface area contributed by atoms with Crippen LogP contribution in [0.15, 0.2) is 0 Å². The number of likely N-dealkylation sites (tertiary alicyclic amines) is 1. The number of hydrogen-bond acceptors (Lipinski definition) is 3. The minimum Gasteiger partial charge on any atom is -0.282 e. The third kappa shape index (κ3) is 2.50. The first-order chi connectivity index (χ1) is 6.56. The van der Waals surface area contributed by atoms with Crippen molar-refractivity contribution < 1.29 is 9.59 Å². The largest absolute Gasteiger partial charge is 0.282 e. The zero-order valence-electron chi connectivity index (χ0n) is 8.95. The van der Waals surface area contributed by atoms with Gasteiger partial charge in [-0.15, -0.1) is 0 Å². The first-order valence-electron chi connectivity index (χ1n) is 4.93. The van der Waals surface area contributed by atoms with E-state index in [1.54, 1.807) is 0 Å². The lowest BCUT2D eigenvalue weighted by Gasteiger charge is -2.15. The van der Waals surface area contributed by atoms with Crippen molar-refractivity contribution in [3.8, 4) is 0 Å². The Morgan fingerprint density at radius 3 is 2.57 bits per heavy atom. The van der Waals surface area contributed by atoms with E-state index in [2.05, 4.69) is 13.8 Å². The molecule has 0 aliphatic carbocycles. The van der Waals surface area contributed by atoms with Crippen LogP contribution in [0.4, 0.5) is 0 Å². The summed E-state index contributed by atoms with van der Waals surface area (Å²) in [5, 5.41) is -0.130. The maximum absolute atomic E-state index is 11.6. The molecule has 1 saturated heterocycles. The fourth-order valence-corrected chi connectivity index (χ4v) is 2.10. The predicted molar refractivity (Wildman–Crippen MR) is 58.1 cm³/mol. The zero-order valence-corrected chi connectivity index (χ0v) is 9.76. The summed E-state index contributed by atoms with van der Waals surface area (Å²) in [4.78, 5) is 24.5. The van der Waals surface area contributed by atoms with Gasteiger partial charge < -0.3 is 0 Å². The van der Waals surface area contributed by atoms with E-state index in [1.807, 2.05) is 6.26 Å². The molecule has 0 saturated carbocycles. The molecule has 1 aliphatic rings. The second-order valence-corrected chi connectivity index (χ2v) is 5.04. The molecule has 0 radical (unpaired) electrons. The van der Waals surface area contributed by atoms with E-state index < -0.39 is 0 Å². The highest BCUT2D eigenvalue weighted by Gasteiger charge is 2.37.